The van der Waals surface area contributed by atoms with E-state index in [9.17, 15) is 18.0 Å². The van der Waals surface area contributed by atoms with Crippen molar-refractivity contribution in [2.45, 2.75) is 19.1 Å². The summed E-state index contributed by atoms with van der Waals surface area (Å²) in [5, 5.41) is 5.73. The monoisotopic (exact) mass is 601 g/mol. The Morgan fingerprint density at radius 1 is 0.977 bits per heavy atom. The molecule has 10 heteroatoms. The van der Waals surface area contributed by atoms with Gasteiger partial charge in [0, 0.05) is 67.3 Å². The molecule has 0 unspecified atom stereocenters. The van der Waals surface area contributed by atoms with Gasteiger partial charge in [-0.3, -0.25) is 14.7 Å². The highest BCUT2D eigenvalue weighted by molar-refractivity contribution is 7.16. The standard InChI is InChI=1S/C33H30F3N5OS/c1-40-11-13-41(14-12-40)21-25-7-8-27(19-29(25)33(34,35)36)38-31(42)23-5-2-4-22(16-23)17-26-18-30(24-6-3-10-37-20-24)39-32-28(26)9-15-43-32/h2-10,15-16,18-20H,11-14,17,21H2,1H3,(H,38,42). The molecule has 0 spiro atoms. The summed E-state index contributed by atoms with van der Waals surface area (Å²) in [4.78, 5) is 27.3. The van der Waals surface area contributed by atoms with E-state index in [1.54, 1.807) is 48.0 Å². The van der Waals surface area contributed by atoms with Gasteiger partial charge in [0.1, 0.15) is 4.83 Å². The number of thiophene rings is 1. The van der Waals surface area contributed by atoms with E-state index in [0.29, 0.717) is 25.1 Å². The van der Waals surface area contributed by atoms with Gasteiger partial charge in [0.15, 0.2) is 0 Å². The third kappa shape index (κ3) is 6.77. The van der Waals surface area contributed by atoms with E-state index in [1.165, 1.54) is 6.07 Å². The van der Waals surface area contributed by atoms with Crippen LogP contribution in [0.15, 0.2) is 84.5 Å². The van der Waals surface area contributed by atoms with Crippen molar-refractivity contribution in [3.05, 3.63) is 112 Å². The minimum Gasteiger partial charge on any atom is -0.322 e. The van der Waals surface area contributed by atoms with Gasteiger partial charge in [0.2, 0.25) is 0 Å². The summed E-state index contributed by atoms with van der Waals surface area (Å²) in [6.45, 7) is 3.28. The molecule has 1 N–H and O–H groups in total. The summed E-state index contributed by atoms with van der Waals surface area (Å²) in [6, 6.07) is 19.2. The number of benzene rings is 2. The van der Waals surface area contributed by atoms with Crippen LogP contribution in [0.4, 0.5) is 18.9 Å². The van der Waals surface area contributed by atoms with Crippen molar-refractivity contribution in [1.29, 1.82) is 0 Å². The number of fused-ring (bicyclic) bond motifs is 1. The van der Waals surface area contributed by atoms with Crippen LogP contribution in [0.3, 0.4) is 0 Å². The number of nitrogens with zero attached hydrogens (tertiary/aromatic N) is 4. The quantitative estimate of drug-likeness (QED) is 0.218. The Labute approximate surface area is 251 Å². The molecule has 6 nitrogen and oxygen atoms in total. The Morgan fingerprint density at radius 3 is 2.58 bits per heavy atom. The lowest BCUT2D eigenvalue weighted by Crippen LogP contribution is -2.44. The first kappa shape index (κ1) is 29.0. The van der Waals surface area contributed by atoms with E-state index >= 15 is 0 Å². The van der Waals surface area contributed by atoms with Gasteiger partial charge in [-0.15, -0.1) is 11.3 Å². The van der Waals surface area contributed by atoms with E-state index in [-0.39, 0.29) is 17.8 Å². The zero-order valence-corrected chi connectivity index (χ0v) is 24.4. The van der Waals surface area contributed by atoms with E-state index in [2.05, 4.69) is 15.2 Å². The Kier molecular flexibility index (Phi) is 8.25. The number of carbonyl (C=O) groups is 1. The number of hydrogen-bond acceptors (Lipinski definition) is 6. The molecule has 0 aliphatic carbocycles. The first-order valence-corrected chi connectivity index (χ1v) is 14.9. The fraction of sp³-hybridized carbons (Fsp3) is 0.242. The molecule has 1 aliphatic heterocycles. The number of anilines is 1. The maximum atomic E-state index is 14.0. The number of nitrogens with one attached hydrogen (secondary N) is 1. The zero-order chi connectivity index (χ0) is 30.0. The highest BCUT2D eigenvalue weighted by Gasteiger charge is 2.34. The van der Waals surface area contributed by atoms with Gasteiger partial charge in [-0.25, -0.2) is 4.98 Å². The molecule has 1 saturated heterocycles. The average Bonchev–Trinajstić information content (AvgIpc) is 3.48. The van der Waals surface area contributed by atoms with E-state index in [1.807, 2.05) is 47.7 Å². The van der Waals surface area contributed by atoms with Gasteiger partial charge < -0.3 is 10.2 Å². The second-order valence-electron chi connectivity index (χ2n) is 10.8. The van der Waals surface area contributed by atoms with Crippen LogP contribution in [0.5, 0.6) is 0 Å². The van der Waals surface area contributed by atoms with Crippen LogP contribution in [0.25, 0.3) is 21.5 Å². The summed E-state index contributed by atoms with van der Waals surface area (Å²) >= 11 is 1.56. The number of alkyl halides is 3. The number of carbonyl (C=O) groups excluding carboxylic acids is 1. The van der Waals surface area contributed by atoms with Gasteiger partial charge in [-0.05, 0) is 84.1 Å². The van der Waals surface area contributed by atoms with Crippen molar-refractivity contribution in [1.82, 2.24) is 19.8 Å². The number of rotatable bonds is 7. The summed E-state index contributed by atoms with van der Waals surface area (Å²) in [6.07, 6.45) is -0.477. The average molecular weight is 602 g/mol. The van der Waals surface area contributed by atoms with Crippen LogP contribution >= 0.6 is 11.3 Å². The summed E-state index contributed by atoms with van der Waals surface area (Å²) in [7, 11) is 2.01. The first-order valence-electron chi connectivity index (χ1n) is 14.0. The molecule has 0 radical (unpaired) electrons. The van der Waals surface area contributed by atoms with E-state index in [0.717, 1.165) is 51.8 Å². The Bertz CT molecular complexity index is 1750. The molecule has 6 rings (SSSR count). The summed E-state index contributed by atoms with van der Waals surface area (Å²) in [5.74, 6) is -0.465. The molecule has 2 aromatic carbocycles. The maximum Gasteiger partial charge on any atom is 0.416 e. The predicted octanol–water partition coefficient (Wildman–Crippen LogP) is 6.97. The number of aromatic nitrogens is 2. The Hall–Kier alpha value is -4.12. The van der Waals surface area contributed by atoms with Crippen molar-refractivity contribution >= 4 is 33.1 Å². The highest BCUT2D eigenvalue weighted by atomic mass is 32.1. The molecule has 5 aromatic rings. The smallest absolute Gasteiger partial charge is 0.322 e. The summed E-state index contributed by atoms with van der Waals surface area (Å²) < 4.78 is 42.1. The normalized spacial score (nSPS) is 14.7. The molecule has 3 aromatic heterocycles. The van der Waals surface area contributed by atoms with E-state index < -0.39 is 17.6 Å². The molecule has 1 fully saturated rings. The third-order valence-electron chi connectivity index (χ3n) is 7.73. The van der Waals surface area contributed by atoms with Crippen LogP contribution in [0, 0.1) is 0 Å². The number of halogens is 3. The largest absolute Gasteiger partial charge is 0.416 e. The molecule has 220 valence electrons. The van der Waals surface area contributed by atoms with Crippen molar-refractivity contribution in [2.75, 3.05) is 38.5 Å². The zero-order valence-electron chi connectivity index (χ0n) is 23.6. The topological polar surface area (TPSA) is 61.4 Å². The Balaban J connectivity index is 1.21. The van der Waals surface area contributed by atoms with Gasteiger partial charge in [0.25, 0.3) is 5.91 Å². The molecular formula is C33H30F3N5OS. The van der Waals surface area contributed by atoms with Gasteiger partial charge >= 0.3 is 6.18 Å². The SMILES string of the molecule is CN1CCN(Cc2ccc(NC(=O)c3cccc(Cc4cc(-c5cccnc5)nc5sccc45)c3)cc2C(F)(F)F)CC1. The number of piperazine rings is 1. The highest BCUT2D eigenvalue weighted by Crippen LogP contribution is 2.35. The van der Waals surface area contributed by atoms with Gasteiger partial charge in [0.05, 0.1) is 11.3 Å². The fourth-order valence-electron chi connectivity index (χ4n) is 5.37. The maximum absolute atomic E-state index is 14.0. The van der Waals surface area contributed by atoms with Crippen molar-refractivity contribution in [3.8, 4) is 11.3 Å². The van der Waals surface area contributed by atoms with Gasteiger partial charge in [-0.1, -0.05) is 18.2 Å². The fourth-order valence-corrected chi connectivity index (χ4v) is 6.18. The lowest BCUT2D eigenvalue weighted by atomic mass is 9.99. The molecule has 0 atom stereocenters. The van der Waals surface area contributed by atoms with Crippen molar-refractivity contribution in [3.63, 3.8) is 0 Å². The molecule has 4 heterocycles. The molecule has 0 saturated carbocycles. The number of amides is 1. The predicted molar refractivity (Wildman–Crippen MR) is 164 cm³/mol. The second kappa shape index (κ2) is 12.2. The van der Waals surface area contributed by atoms with Crippen LogP contribution in [0.1, 0.15) is 32.6 Å². The molecule has 1 amide bonds. The lowest BCUT2D eigenvalue weighted by Gasteiger charge is -2.33. The van der Waals surface area contributed by atoms with Crippen LogP contribution in [0.2, 0.25) is 0 Å². The van der Waals surface area contributed by atoms with Crippen LogP contribution < -0.4 is 5.32 Å². The number of likely N-dealkylation sites (N-methyl/N-ethyl adjacent to an activating group) is 1. The van der Waals surface area contributed by atoms with Crippen LogP contribution in [-0.2, 0) is 19.1 Å². The molecule has 0 bridgehead atoms. The lowest BCUT2D eigenvalue weighted by molar-refractivity contribution is -0.138. The minimum atomic E-state index is -4.53. The Morgan fingerprint density at radius 2 is 1.81 bits per heavy atom. The second-order valence-corrected chi connectivity index (χ2v) is 11.7. The molecule has 1 aliphatic rings. The summed E-state index contributed by atoms with van der Waals surface area (Å²) in [5.41, 5.74) is 3.68. The third-order valence-corrected chi connectivity index (χ3v) is 8.53. The molecule has 43 heavy (non-hydrogen) atoms. The first-order chi connectivity index (χ1) is 20.7. The van der Waals surface area contributed by atoms with Crippen LogP contribution in [-0.4, -0.2) is 58.9 Å². The van der Waals surface area contributed by atoms with Crippen molar-refractivity contribution in [2.24, 2.45) is 0 Å². The van der Waals surface area contributed by atoms with Gasteiger partial charge in [-0.2, -0.15) is 13.2 Å². The number of hydrogen-bond donors (Lipinski definition) is 1. The van der Waals surface area contributed by atoms with Crippen molar-refractivity contribution < 1.29 is 18.0 Å². The molecular weight excluding hydrogens is 571 g/mol. The van der Waals surface area contributed by atoms with E-state index in [4.69, 9.17) is 4.98 Å². The number of pyridine rings is 2. The minimum absolute atomic E-state index is 0.111.